The second kappa shape index (κ2) is 7.77. The number of carbonyl (C=O) groups is 2. The minimum atomic E-state index is -0.475. The highest BCUT2D eigenvalue weighted by Crippen LogP contribution is 2.19. The van der Waals surface area contributed by atoms with Crippen LogP contribution in [0.25, 0.3) is 12.2 Å². The number of hydrogen-bond donors (Lipinski definition) is 2. The van der Waals surface area contributed by atoms with Crippen LogP contribution < -0.4 is 10.6 Å². The number of carbonyl (C=O) groups excluding carboxylic acids is 2. The fourth-order valence-electron chi connectivity index (χ4n) is 1.89. The van der Waals surface area contributed by atoms with Crippen LogP contribution in [0.15, 0.2) is 30.5 Å². The highest BCUT2D eigenvalue weighted by molar-refractivity contribution is 5.92. The molecule has 128 valence electrons. The number of hydrogen-bond acceptors (Lipinski definition) is 6. The number of nitro benzene ring substituents is 1. The van der Waals surface area contributed by atoms with Gasteiger partial charge in [0.2, 0.25) is 17.8 Å². The van der Waals surface area contributed by atoms with E-state index in [-0.39, 0.29) is 29.3 Å². The summed E-state index contributed by atoms with van der Waals surface area (Å²) in [7, 11) is 0. The Hall–Kier alpha value is -3.62. The van der Waals surface area contributed by atoms with Crippen LogP contribution in [0.1, 0.15) is 25.0 Å². The molecule has 0 bridgehead atoms. The third-order valence-electron chi connectivity index (χ3n) is 2.96. The molecule has 0 atom stereocenters. The quantitative estimate of drug-likeness (QED) is 0.635. The van der Waals surface area contributed by atoms with Crippen molar-refractivity contribution in [3.8, 4) is 0 Å². The van der Waals surface area contributed by atoms with Crippen molar-refractivity contribution in [2.24, 2.45) is 0 Å². The number of nitrogens with zero attached hydrogens (tertiary/aromatic N) is 3. The predicted octanol–water partition coefficient (Wildman–Crippen LogP) is 2.47. The third-order valence-corrected chi connectivity index (χ3v) is 2.96. The van der Waals surface area contributed by atoms with Crippen LogP contribution in [0.2, 0.25) is 0 Å². The van der Waals surface area contributed by atoms with Crippen LogP contribution in [0.4, 0.5) is 17.5 Å². The zero-order valence-electron chi connectivity index (χ0n) is 13.5. The fraction of sp³-hybridized carbons (Fsp3) is 0.125. The second-order valence-corrected chi connectivity index (χ2v) is 5.04. The number of rotatable bonds is 5. The molecule has 2 amide bonds. The molecule has 1 heterocycles. The first-order chi connectivity index (χ1) is 11.8. The van der Waals surface area contributed by atoms with Gasteiger partial charge >= 0.3 is 0 Å². The SMILES string of the molecule is CC(=O)Nc1ncc(/C=C/c2ccc([N+](=O)[O-])cc2)c(NC(C)=O)n1. The van der Waals surface area contributed by atoms with Crippen molar-refractivity contribution in [1.82, 2.24) is 9.97 Å². The second-order valence-electron chi connectivity index (χ2n) is 5.04. The Morgan fingerprint density at radius 3 is 2.28 bits per heavy atom. The van der Waals surface area contributed by atoms with Crippen molar-refractivity contribution >= 4 is 41.4 Å². The molecule has 25 heavy (non-hydrogen) atoms. The first-order valence-corrected chi connectivity index (χ1v) is 7.20. The predicted molar refractivity (Wildman–Crippen MR) is 92.7 cm³/mol. The monoisotopic (exact) mass is 341 g/mol. The number of nitrogens with one attached hydrogen (secondary N) is 2. The van der Waals surface area contributed by atoms with Crippen molar-refractivity contribution in [1.29, 1.82) is 0 Å². The number of amides is 2. The molecule has 9 nitrogen and oxygen atoms in total. The normalized spacial score (nSPS) is 10.5. The number of benzene rings is 1. The molecule has 2 aromatic rings. The van der Waals surface area contributed by atoms with E-state index >= 15 is 0 Å². The minimum Gasteiger partial charge on any atom is -0.310 e. The van der Waals surface area contributed by atoms with E-state index in [0.717, 1.165) is 5.56 Å². The maximum absolute atomic E-state index is 11.3. The molecule has 0 radical (unpaired) electrons. The van der Waals surface area contributed by atoms with Crippen molar-refractivity contribution in [3.05, 3.63) is 51.7 Å². The number of nitro groups is 1. The van der Waals surface area contributed by atoms with E-state index in [9.17, 15) is 19.7 Å². The van der Waals surface area contributed by atoms with Gasteiger partial charge in [0.25, 0.3) is 5.69 Å². The van der Waals surface area contributed by atoms with Crippen LogP contribution in [0, 0.1) is 10.1 Å². The Morgan fingerprint density at radius 1 is 1.08 bits per heavy atom. The maximum Gasteiger partial charge on any atom is 0.269 e. The molecular formula is C16H15N5O4. The zero-order valence-corrected chi connectivity index (χ0v) is 13.5. The summed E-state index contributed by atoms with van der Waals surface area (Å²) >= 11 is 0. The molecule has 0 aliphatic rings. The van der Waals surface area contributed by atoms with Gasteiger partial charge in [0, 0.05) is 37.7 Å². The van der Waals surface area contributed by atoms with Gasteiger partial charge in [0.1, 0.15) is 5.82 Å². The Labute approximate surface area is 143 Å². The summed E-state index contributed by atoms with van der Waals surface area (Å²) in [5.41, 5.74) is 1.24. The van der Waals surface area contributed by atoms with E-state index in [1.807, 2.05) is 0 Å². The molecule has 0 spiro atoms. The van der Waals surface area contributed by atoms with Crippen LogP contribution in [0.5, 0.6) is 0 Å². The van der Waals surface area contributed by atoms with Gasteiger partial charge < -0.3 is 5.32 Å². The van der Waals surface area contributed by atoms with Gasteiger partial charge in [-0.3, -0.25) is 25.0 Å². The summed E-state index contributed by atoms with van der Waals surface area (Å²) in [4.78, 5) is 40.7. The van der Waals surface area contributed by atoms with E-state index in [0.29, 0.717) is 5.56 Å². The van der Waals surface area contributed by atoms with Crippen molar-refractivity contribution in [2.75, 3.05) is 10.6 Å². The summed E-state index contributed by atoms with van der Waals surface area (Å²) in [5, 5.41) is 15.6. The molecule has 0 unspecified atom stereocenters. The van der Waals surface area contributed by atoms with Crippen LogP contribution in [-0.4, -0.2) is 26.7 Å². The third kappa shape index (κ3) is 5.20. The van der Waals surface area contributed by atoms with Crippen molar-refractivity contribution < 1.29 is 14.5 Å². The zero-order chi connectivity index (χ0) is 18.4. The molecule has 0 aliphatic heterocycles. The van der Waals surface area contributed by atoms with E-state index in [1.165, 1.54) is 32.2 Å². The summed E-state index contributed by atoms with van der Waals surface area (Å²) < 4.78 is 0. The average molecular weight is 341 g/mol. The molecule has 2 rings (SSSR count). The Morgan fingerprint density at radius 2 is 1.72 bits per heavy atom. The Bertz CT molecular complexity index is 846. The van der Waals surface area contributed by atoms with Gasteiger partial charge in [-0.2, -0.15) is 4.98 Å². The van der Waals surface area contributed by atoms with Crippen LogP contribution in [0.3, 0.4) is 0 Å². The molecular weight excluding hydrogens is 326 g/mol. The molecule has 0 aliphatic carbocycles. The fourth-order valence-corrected chi connectivity index (χ4v) is 1.89. The molecule has 0 saturated heterocycles. The number of non-ortho nitro benzene ring substituents is 1. The van der Waals surface area contributed by atoms with Gasteiger partial charge in [-0.1, -0.05) is 6.08 Å². The van der Waals surface area contributed by atoms with Gasteiger partial charge in [-0.25, -0.2) is 4.98 Å². The summed E-state index contributed by atoms with van der Waals surface area (Å²) in [6, 6.07) is 5.98. The standard InChI is InChI=1S/C16H15N5O4/c1-10(22)18-15-13(9-17-16(20-15)19-11(2)23)6-3-12-4-7-14(8-5-12)21(24)25/h3-9H,1-2H3,(H2,17,18,19,20,22,23)/b6-3+. The molecule has 2 N–H and O–H groups in total. The summed E-state index contributed by atoms with van der Waals surface area (Å²) in [5.74, 6) is -0.339. The van der Waals surface area contributed by atoms with Gasteiger partial charge in [-0.05, 0) is 23.8 Å². The van der Waals surface area contributed by atoms with E-state index in [4.69, 9.17) is 0 Å². The van der Waals surface area contributed by atoms with E-state index in [2.05, 4.69) is 20.6 Å². The Balaban J connectivity index is 2.28. The highest BCUT2D eigenvalue weighted by Gasteiger charge is 2.08. The minimum absolute atomic E-state index is 0.000853. The largest absolute Gasteiger partial charge is 0.310 e. The summed E-state index contributed by atoms with van der Waals surface area (Å²) in [6.07, 6.45) is 4.81. The highest BCUT2D eigenvalue weighted by atomic mass is 16.6. The molecule has 1 aromatic carbocycles. The average Bonchev–Trinajstić information content (AvgIpc) is 2.53. The molecule has 1 aromatic heterocycles. The smallest absolute Gasteiger partial charge is 0.269 e. The van der Waals surface area contributed by atoms with Gasteiger partial charge in [0.15, 0.2) is 0 Å². The van der Waals surface area contributed by atoms with Gasteiger partial charge in [0.05, 0.1) is 4.92 Å². The lowest BCUT2D eigenvalue weighted by Gasteiger charge is -2.08. The number of anilines is 2. The van der Waals surface area contributed by atoms with E-state index < -0.39 is 4.92 Å². The first-order valence-electron chi connectivity index (χ1n) is 7.20. The molecule has 9 heteroatoms. The van der Waals surface area contributed by atoms with Gasteiger partial charge in [-0.15, -0.1) is 0 Å². The lowest BCUT2D eigenvalue weighted by atomic mass is 10.1. The topological polar surface area (TPSA) is 127 Å². The van der Waals surface area contributed by atoms with Crippen molar-refractivity contribution in [3.63, 3.8) is 0 Å². The lowest BCUT2D eigenvalue weighted by molar-refractivity contribution is -0.384. The van der Waals surface area contributed by atoms with Crippen molar-refractivity contribution in [2.45, 2.75) is 13.8 Å². The Kier molecular flexibility index (Phi) is 5.51. The molecule has 0 fully saturated rings. The molecule has 0 saturated carbocycles. The number of aromatic nitrogens is 2. The lowest BCUT2D eigenvalue weighted by Crippen LogP contribution is -2.13. The van der Waals surface area contributed by atoms with Crippen LogP contribution >= 0.6 is 0 Å². The van der Waals surface area contributed by atoms with E-state index in [1.54, 1.807) is 24.3 Å². The summed E-state index contributed by atoms with van der Waals surface area (Å²) in [6.45, 7) is 2.66. The van der Waals surface area contributed by atoms with Crippen LogP contribution in [-0.2, 0) is 9.59 Å². The maximum atomic E-state index is 11.3. The first kappa shape index (κ1) is 17.7.